The van der Waals surface area contributed by atoms with Crippen molar-refractivity contribution in [1.82, 2.24) is 5.32 Å². The Balaban J connectivity index is 1.72. The van der Waals surface area contributed by atoms with E-state index in [0.717, 1.165) is 22.5 Å². The SMILES string of the molecule is Cc1cc(C(C)NCc2cc3c(cc2Br)OCCO3)c(C)s1. The first-order valence-electron chi connectivity index (χ1n) is 7.43. The predicted octanol–water partition coefficient (Wildman–Crippen LogP) is 4.75. The van der Waals surface area contributed by atoms with Gasteiger partial charge in [0, 0.05) is 26.8 Å². The first kappa shape index (κ1) is 15.8. The minimum Gasteiger partial charge on any atom is -0.486 e. The molecule has 0 amide bonds. The van der Waals surface area contributed by atoms with E-state index >= 15 is 0 Å². The zero-order chi connectivity index (χ0) is 15.7. The molecule has 3 rings (SSSR count). The fraction of sp³-hybridized carbons (Fsp3) is 0.412. The average Bonchev–Trinajstić information content (AvgIpc) is 2.83. The van der Waals surface area contributed by atoms with Gasteiger partial charge >= 0.3 is 0 Å². The van der Waals surface area contributed by atoms with E-state index in [1.165, 1.54) is 20.9 Å². The Morgan fingerprint density at radius 3 is 2.50 bits per heavy atom. The summed E-state index contributed by atoms with van der Waals surface area (Å²) in [5, 5.41) is 3.60. The van der Waals surface area contributed by atoms with Gasteiger partial charge in [0.15, 0.2) is 11.5 Å². The van der Waals surface area contributed by atoms with Crippen LogP contribution in [0.3, 0.4) is 0 Å². The summed E-state index contributed by atoms with van der Waals surface area (Å²) in [6, 6.07) is 6.65. The van der Waals surface area contributed by atoms with Gasteiger partial charge in [-0.3, -0.25) is 0 Å². The van der Waals surface area contributed by atoms with Crippen LogP contribution in [0.2, 0.25) is 0 Å². The van der Waals surface area contributed by atoms with Gasteiger partial charge in [0.2, 0.25) is 0 Å². The second-order valence-electron chi connectivity index (χ2n) is 5.56. The van der Waals surface area contributed by atoms with Crippen molar-refractivity contribution < 1.29 is 9.47 Å². The summed E-state index contributed by atoms with van der Waals surface area (Å²) in [6.07, 6.45) is 0. The van der Waals surface area contributed by atoms with Crippen LogP contribution in [0.1, 0.15) is 33.8 Å². The van der Waals surface area contributed by atoms with Crippen LogP contribution in [0, 0.1) is 13.8 Å². The third-order valence-corrected chi connectivity index (χ3v) is 5.58. The van der Waals surface area contributed by atoms with Crippen molar-refractivity contribution in [2.75, 3.05) is 13.2 Å². The molecule has 0 fully saturated rings. The van der Waals surface area contributed by atoms with Crippen LogP contribution >= 0.6 is 27.3 Å². The van der Waals surface area contributed by atoms with Crippen molar-refractivity contribution in [2.24, 2.45) is 0 Å². The summed E-state index contributed by atoms with van der Waals surface area (Å²) in [6.45, 7) is 8.57. The molecule has 0 aliphatic carbocycles. The van der Waals surface area contributed by atoms with E-state index < -0.39 is 0 Å². The van der Waals surface area contributed by atoms with Gasteiger partial charge in [-0.15, -0.1) is 11.3 Å². The molecule has 2 heterocycles. The topological polar surface area (TPSA) is 30.5 Å². The molecule has 118 valence electrons. The lowest BCUT2D eigenvalue weighted by Crippen LogP contribution is -2.19. The Morgan fingerprint density at radius 1 is 1.18 bits per heavy atom. The number of thiophene rings is 1. The van der Waals surface area contributed by atoms with Gasteiger partial charge in [-0.2, -0.15) is 0 Å². The molecular formula is C17H20BrNO2S. The van der Waals surface area contributed by atoms with Crippen molar-refractivity contribution in [1.29, 1.82) is 0 Å². The molecule has 1 N–H and O–H groups in total. The molecule has 0 saturated carbocycles. The lowest BCUT2D eigenvalue weighted by Gasteiger charge is -2.21. The maximum Gasteiger partial charge on any atom is 0.162 e. The van der Waals surface area contributed by atoms with Gasteiger partial charge in [0.25, 0.3) is 0 Å². The molecule has 5 heteroatoms. The molecule has 22 heavy (non-hydrogen) atoms. The summed E-state index contributed by atoms with van der Waals surface area (Å²) in [5.74, 6) is 1.65. The fourth-order valence-corrected chi connectivity index (χ4v) is 4.18. The highest BCUT2D eigenvalue weighted by Crippen LogP contribution is 2.36. The zero-order valence-corrected chi connectivity index (χ0v) is 15.4. The van der Waals surface area contributed by atoms with Crippen LogP contribution < -0.4 is 14.8 Å². The smallest absolute Gasteiger partial charge is 0.162 e. The van der Waals surface area contributed by atoms with Crippen LogP contribution in [0.25, 0.3) is 0 Å². The van der Waals surface area contributed by atoms with Crippen LogP contribution in [0.15, 0.2) is 22.7 Å². The van der Waals surface area contributed by atoms with Crippen molar-refractivity contribution in [3.05, 3.63) is 43.6 Å². The van der Waals surface area contributed by atoms with E-state index in [4.69, 9.17) is 9.47 Å². The van der Waals surface area contributed by atoms with E-state index in [1.54, 1.807) is 0 Å². The standard InChI is InChI=1S/C17H20BrNO2S/c1-10-6-14(12(3)22-10)11(2)19-9-13-7-16-17(8-15(13)18)21-5-4-20-16/h6-8,11,19H,4-5,9H2,1-3H3. The van der Waals surface area contributed by atoms with Gasteiger partial charge in [0.05, 0.1) is 0 Å². The number of rotatable bonds is 4. The van der Waals surface area contributed by atoms with Gasteiger partial charge < -0.3 is 14.8 Å². The third kappa shape index (κ3) is 3.31. The minimum absolute atomic E-state index is 0.324. The van der Waals surface area contributed by atoms with Crippen molar-refractivity contribution in [3.63, 3.8) is 0 Å². The molecule has 1 aliphatic rings. The second kappa shape index (κ2) is 6.60. The maximum absolute atomic E-state index is 5.66. The summed E-state index contributed by atoms with van der Waals surface area (Å²) >= 11 is 5.48. The van der Waals surface area contributed by atoms with Crippen LogP contribution in [0.4, 0.5) is 0 Å². The monoisotopic (exact) mass is 381 g/mol. The minimum atomic E-state index is 0.324. The number of ether oxygens (including phenoxy) is 2. The molecule has 3 nitrogen and oxygen atoms in total. The van der Waals surface area contributed by atoms with Gasteiger partial charge in [-0.05, 0) is 50.1 Å². The van der Waals surface area contributed by atoms with Crippen LogP contribution in [-0.2, 0) is 6.54 Å². The van der Waals surface area contributed by atoms with Crippen LogP contribution in [-0.4, -0.2) is 13.2 Å². The van der Waals surface area contributed by atoms with Crippen molar-refractivity contribution in [3.8, 4) is 11.5 Å². The molecule has 0 spiro atoms. The van der Waals surface area contributed by atoms with E-state index in [0.29, 0.717) is 19.3 Å². The molecule has 1 unspecified atom stereocenters. The van der Waals surface area contributed by atoms with Gasteiger partial charge in [-0.1, -0.05) is 15.9 Å². The highest BCUT2D eigenvalue weighted by atomic mass is 79.9. The Labute approximate surface area is 143 Å². The number of nitrogens with one attached hydrogen (secondary N) is 1. The third-order valence-electron chi connectivity index (χ3n) is 3.86. The molecule has 0 saturated heterocycles. The van der Waals surface area contributed by atoms with Gasteiger partial charge in [-0.25, -0.2) is 0 Å². The largest absolute Gasteiger partial charge is 0.486 e. The number of fused-ring (bicyclic) bond motifs is 1. The lowest BCUT2D eigenvalue weighted by atomic mass is 10.1. The molecule has 1 aromatic heterocycles. The number of halogens is 1. The highest BCUT2D eigenvalue weighted by Gasteiger charge is 2.16. The molecule has 1 aromatic carbocycles. The summed E-state index contributed by atoms with van der Waals surface area (Å²) in [7, 11) is 0. The molecular weight excluding hydrogens is 362 g/mol. The Hall–Kier alpha value is -1.04. The summed E-state index contributed by atoms with van der Waals surface area (Å²) in [4.78, 5) is 2.75. The molecule has 1 aliphatic heterocycles. The van der Waals surface area contributed by atoms with Crippen LogP contribution in [0.5, 0.6) is 11.5 Å². The van der Waals surface area contributed by atoms with E-state index in [9.17, 15) is 0 Å². The number of benzene rings is 1. The van der Waals surface area contributed by atoms with Crippen molar-refractivity contribution in [2.45, 2.75) is 33.4 Å². The normalized spacial score (nSPS) is 14.9. The molecule has 1 atom stereocenters. The number of hydrogen-bond acceptors (Lipinski definition) is 4. The number of aryl methyl sites for hydroxylation is 2. The Bertz CT molecular complexity index is 684. The summed E-state index contributed by atoms with van der Waals surface area (Å²) < 4.78 is 12.3. The summed E-state index contributed by atoms with van der Waals surface area (Å²) in [5.41, 5.74) is 2.57. The quantitative estimate of drug-likeness (QED) is 0.828. The first-order chi connectivity index (χ1) is 10.5. The predicted molar refractivity (Wildman–Crippen MR) is 94.2 cm³/mol. The Kier molecular flexibility index (Phi) is 4.76. The first-order valence-corrected chi connectivity index (χ1v) is 9.04. The average molecular weight is 382 g/mol. The van der Waals surface area contributed by atoms with E-state index in [-0.39, 0.29) is 0 Å². The highest BCUT2D eigenvalue weighted by molar-refractivity contribution is 9.10. The second-order valence-corrected chi connectivity index (χ2v) is 7.87. The molecule has 0 radical (unpaired) electrons. The number of hydrogen-bond donors (Lipinski definition) is 1. The maximum atomic E-state index is 5.66. The lowest BCUT2D eigenvalue weighted by molar-refractivity contribution is 0.171. The van der Waals surface area contributed by atoms with Crippen molar-refractivity contribution >= 4 is 27.3 Å². The molecule has 2 aromatic rings. The molecule has 0 bridgehead atoms. The Morgan fingerprint density at radius 2 is 1.86 bits per heavy atom. The zero-order valence-electron chi connectivity index (χ0n) is 13.0. The fourth-order valence-electron chi connectivity index (χ4n) is 2.69. The van der Waals surface area contributed by atoms with E-state index in [2.05, 4.69) is 54.2 Å². The van der Waals surface area contributed by atoms with Gasteiger partial charge in [0.1, 0.15) is 13.2 Å². The van der Waals surface area contributed by atoms with E-state index in [1.807, 2.05) is 17.4 Å².